The van der Waals surface area contributed by atoms with Crippen LogP contribution in [0.4, 0.5) is 0 Å². The van der Waals surface area contributed by atoms with Crippen molar-refractivity contribution in [2.75, 3.05) is 0 Å². The van der Waals surface area contributed by atoms with E-state index in [1.807, 2.05) is 13.8 Å². The topological polar surface area (TPSA) is 23.9 Å². The maximum atomic E-state index is 7.05. The molecule has 8 heavy (non-hydrogen) atoms. The monoisotopic (exact) mass is 111 g/mol. The quantitative estimate of drug-likeness (QED) is 0.427. The molecule has 0 saturated heterocycles. The van der Waals surface area contributed by atoms with Crippen molar-refractivity contribution in [2.24, 2.45) is 0 Å². The van der Waals surface area contributed by atoms with Crippen molar-refractivity contribution < 1.29 is 0 Å². The molecule has 0 spiro atoms. The molecule has 0 heterocycles. The van der Waals surface area contributed by atoms with E-state index < -0.39 is 0 Å². The molecule has 0 saturated carbocycles. The van der Waals surface area contributed by atoms with Crippen molar-refractivity contribution in [1.82, 2.24) is 0 Å². The summed E-state index contributed by atoms with van der Waals surface area (Å²) in [5.41, 5.74) is 1.91. The van der Waals surface area contributed by atoms with Crippen molar-refractivity contribution in [1.29, 1.82) is 5.41 Å². The van der Waals surface area contributed by atoms with Gasteiger partial charge in [-0.2, -0.15) is 0 Å². The molecule has 0 bridgehead atoms. The first kappa shape index (κ1) is 7.41. The Morgan fingerprint density at radius 1 is 1.38 bits per heavy atom. The molecule has 1 heteroatoms. The number of hydrogen-bond acceptors (Lipinski definition) is 1. The number of rotatable bonds is 3. The van der Waals surface area contributed by atoms with Gasteiger partial charge in [-0.15, -0.1) is 6.58 Å². The van der Waals surface area contributed by atoms with Gasteiger partial charge in [0.1, 0.15) is 0 Å². The molecule has 1 nitrogen and oxygen atoms in total. The minimum Gasteiger partial charge on any atom is -0.310 e. The summed E-state index contributed by atoms with van der Waals surface area (Å²) in [4.78, 5) is 0. The van der Waals surface area contributed by atoms with E-state index in [4.69, 9.17) is 5.41 Å². The SMILES string of the molecule is C=C(C)CCC(C)=N. The van der Waals surface area contributed by atoms with Crippen LogP contribution in [0.25, 0.3) is 0 Å². The maximum Gasteiger partial charge on any atom is 0.00614 e. The van der Waals surface area contributed by atoms with E-state index in [9.17, 15) is 0 Å². The fraction of sp³-hybridized carbons (Fsp3) is 0.571. The van der Waals surface area contributed by atoms with Gasteiger partial charge in [0.25, 0.3) is 0 Å². The van der Waals surface area contributed by atoms with Gasteiger partial charge in [0.05, 0.1) is 0 Å². The molecule has 0 radical (unpaired) electrons. The molecule has 46 valence electrons. The second-order valence-corrected chi connectivity index (χ2v) is 2.24. The highest BCUT2D eigenvalue weighted by atomic mass is 14.4. The lowest BCUT2D eigenvalue weighted by Gasteiger charge is -1.94. The Labute approximate surface area is 50.9 Å². The summed E-state index contributed by atoms with van der Waals surface area (Å²) in [6.07, 6.45) is 1.84. The minimum absolute atomic E-state index is 0.744. The summed E-state index contributed by atoms with van der Waals surface area (Å²) in [6.45, 7) is 7.54. The summed E-state index contributed by atoms with van der Waals surface area (Å²) >= 11 is 0. The molecule has 0 aliphatic carbocycles. The highest BCUT2D eigenvalue weighted by Crippen LogP contribution is 1.99. The lowest BCUT2D eigenvalue weighted by Crippen LogP contribution is -1.87. The van der Waals surface area contributed by atoms with E-state index in [0.29, 0.717) is 0 Å². The molecule has 0 atom stereocenters. The van der Waals surface area contributed by atoms with Crippen molar-refractivity contribution in [3.63, 3.8) is 0 Å². The first-order chi connectivity index (χ1) is 3.63. The maximum absolute atomic E-state index is 7.05. The Balaban J connectivity index is 3.18. The standard InChI is InChI=1S/C7H13N/c1-6(2)4-5-7(3)8/h8H,1,4-5H2,2-3H3. The molecule has 0 aromatic heterocycles. The van der Waals surface area contributed by atoms with Gasteiger partial charge in [-0.25, -0.2) is 0 Å². The fourth-order valence-corrected chi connectivity index (χ4v) is 0.401. The van der Waals surface area contributed by atoms with Crippen molar-refractivity contribution >= 4 is 5.71 Å². The van der Waals surface area contributed by atoms with Crippen LogP contribution in [0.5, 0.6) is 0 Å². The lowest BCUT2D eigenvalue weighted by atomic mass is 10.1. The molecule has 0 unspecified atom stereocenters. The third-order valence-electron chi connectivity index (χ3n) is 0.927. The Morgan fingerprint density at radius 3 is 2.00 bits per heavy atom. The molecule has 1 N–H and O–H groups in total. The predicted octanol–water partition coefficient (Wildman–Crippen LogP) is 2.38. The average molecular weight is 111 g/mol. The third kappa shape index (κ3) is 5.41. The molecule has 0 amide bonds. The highest BCUT2D eigenvalue weighted by molar-refractivity contribution is 5.78. The first-order valence-electron chi connectivity index (χ1n) is 2.81. The van der Waals surface area contributed by atoms with Crippen LogP contribution in [0.3, 0.4) is 0 Å². The van der Waals surface area contributed by atoms with Crippen LogP contribution in [0, 0.1) is 5.41 Å². The Kier molecular flexibility index (Phi) is 3.16. The number of hydrogen-bond donors (Lipinski definition) is 1. The van der Waals surface area contributed by atoms with Gasteiger partial charge in [0.15, 0.2) is 0 Å². The van der Waals surface area contributed by atoms with E-state index in [0.717, 1.165) is 24.1 Å². The normalized spacial score (nSPS) is 8.75. The summed E-state index contributed by atoms with van der Waals surface area (Å²) < 4.78 is 0. The van der Waals surface area contributed by atoms with E-state index >= 15 is 0 Å². The Morgan fingerprint density at radius 2 is 1.88 bits per heavy atom. The second kappa shape index (κ2) is 3.42. The van der Waals surface area contributed by atoms with Crippen molar-refractivity contribution in [3.05, 3.63) is 12.2 Å². The van der Waals surface area contributed by atoms with Gasteiger partial charge in [-0.3, -0.25) is 0 Å². The van der Waals surface area contributed by atoms with E-state index in [1.54, 1.807) is 0 Å². The zero-order valence-corrected chi connectivity index (χ0v) is 5.62. The summed E-state index contributed by atoms with van der Waals surface area (Å²) in [7, 11) is 0. The summed E-state index contributed by atoms with van der Waals surface area (Å²) in [5, 5.41) is 7.05. The highest BCUT2D eigenvalue weighted by Gasteiger charge is 1.87. The second-order valence-electron chi connectivity index (χ2n) is 2.24. The molecule has 0 aliphatic rings. The van der Waals surface area contributed by atoms with Gasteiger partial charge < -0.3 is 5.41 Å². The Hall–Kier alpha value is -0.590. The Bertz CT molecular complexity index is 89.0. The summed E-state index contributed by atoms with van der Waals surface area (Å²) in [6, 6.07) is 0. The zero-order valence-electron chi connectivity index (χ0n) is 5.62. The molecular formula is C7H13N. The van der Waals surface area contributed by atoms with E-state index in [-0.39, 0.29) is 0 Å². The fourth-order valence-electron chi connectivity index (χ4n) is 0.401. The average Bonchev–Trinajstić information content (AvgIpc) is 1.61. The summed E-state index contributed by atoms with van der Waals surface area (Å²) in [5.74, 6) is 0. The molecule has 0 aromatic rings. The zero-order chi connectivity index (χ0) is 6.57. The van der Waals surface area contributed by atoms with Gasteiger partial charge >= 0.3 is 0 Å². The van der Waals surface area contributed by atoms with Crippen molar-refractivity contribution in [3.8, 4) is 0 Å². The first-order valence-corrected chi connectivity index (χ1v) is 2.81. The van der Waals surface area contributed by atoms with Crippen LogP contribution in [0.15, 0.2) is 12.2 Å². The van der Waals surface area contributed by atoms with Gasteiger partial charge in [0.2, 0.25) is 0 Å². The van der Waals surface area contributed by atoms with Crippen LogP contribution in [0.1, 0.15) is 26.7 Å². The molecule has 0 aliphatic heterocycles. The lowest BCUT2D eigenvalue weighted by molar-refractivity contribution is 1.01. The van der Waals surface area contributed by atoms with Crippen LogP contribution >= 0.6 is 0 Å². The predicted molar refractivity (Wildman–Crippen MR) is 37.4 cm³/mol. The minimum atomic E-state index is 0.744. The van der Waals surface area contributed by atoms with Gasteiger partial charge in [0, 0.05) is 5.71 Å². The van der Waals surface area contributed by atoms with Crippen LogP contribution in [-0.2, 0) is 0 Å². The third-order valence-corrected chi connectivity index (χ3v) is 0.927. The smallest absolute Gasteiger partial charge is 0.00614 e. The van der Waals surface area contributed by atoms with Gasteiger partial charge in [-0.05, 0) is 26.7 Å². The van der Waals surface area contributed by atoms with Crippen LogP contribution in [-0.4, -0.2) is 5.71 Å². The van der Waals surface area contributed by atoms with E-state index in [2.05, 4.69) is 6.58 Å². The molecule has 0 rings (SSSR count). The largest absolute Gasteiger partial charge is 0.310 e. The van der Waals surface area contributed by atoms with Crippen LogP contribution < -0.4 is 0 Å². The van der Waals surface area contributed by atoms with E-state index in [1.165, 1.54) is 0 Å². The molecular weight excluding hydrogens is 98.1 g/mol. The van der Waals surface area contributed by atoms with Gasteiger partial charge in [-0.1, -0.05) is 5.57 Å². The molecule has 0 aromatic carbocycles. The number of nitrogens with one attached hydrogen (secondary N) is 1. The van der Waals surface area contributed by atoms with Crippen molar-refractivity contribution in [2.45, 2.75) is 26.7 Å². The molecule has 0 fully saturated rings. The van der Waals surface area contributed by atoms with Crippen LogP contribution in [0.2, 0.25) is 0 Å². The number of allylic oxidation sites excluding steroid dienone is 1.